The lowest BCUT2D eigenvalue weighted by Gasteiger charge is -2.13. The van der Waals surface area contributed by atoms with E-state index in [0.29, 0.717) is 25.3 Å². The molecule has 2 rings (SSSR count). The average molecular weight is 275 g/mol. The summed E-state index contributed by atoms with van der Waals surface area (Å²) in [6.45, 7) is 2.83. The lowest BCUT2D eigenvalue weighted by Crippen LogP contribution is -2.42. The zero-order valence-corrected chi connectivity index (χ0v) is 11.3. The van der Waals surface area contributed by atoms with Crippen LogP contribution in [-0.4, -0.2) is 51.6 Å². The number of urea groups is 1. The normalized spacial score (nSPS) is 30.2. The number of carbonyl (C=O) groups is 1. The Morgan fingerprint density at radius 3 is 2.61 bits per heavy atom. The molecule has 0 saturated carbocycles. The van der Waals surface area contributed by atoms with Gasteiger partial charge in [0.05, 0.1) is 11.0 Å². The number of hydrogen-bond acceptors (Lipinski definition) is 4. The summed E-state index contributed by atoms with van der Waals surface area (Å²) in [5.74, 6) is 0.750. The molecule has 2 heterocycles. The van der Waals surface area contributed by atoms with Gasteiger partial charge in [0.15, 0.2) is 9.84 Å². The summed E-state index contributed by atoms with van der Waals surface area (Å²) in [6, 6.07) is -0.260. The Balaban J connectivity index is 1.65. The Kier molecular flexibility index (Phi) is 4.45. The maximum atomic E-state index is 11.6. The molecule has 3 N–H and O–H groups in total. The van der Waals surface area contributed by atoms with Crippen LogP contribution in [0.15, 0.2) is 0 Å². The summed E-state index contributed by atoms with van der Waals surface area (Å²) in [4.78, 5) is 11.5. The number of carbonyl (C=O) groups excluding carboxylic acids is 1. The first kappa shape index (κ1) is 13.6. The van der Waals surface area contributed by atoms with E-state index in [1.165, 1.54) is 0 Å². The minimum Gasteiger partial charge on any atom is -0.338 e. The zero-order valence-electron chi connectivity index (χ0n) is 10.4. The van der Waals surface area contributed by atoms with Crippen molar-refractivity contribution in [2.45, 2.75) is 24.5 Å². The maximum Gasteiger partial charge on any atom is 0.314 e. The molecule has 2 saturated heterocycles. The highest BCUT2D eigenvalue weighted by atomic mass is 32.2. The van der Waals surface area contributed by atoms with Crippen LogP contribution in [-0.2, 0) is 9.84 Å². The fraction of sp³-hybridized carbons (Fsp3) is 0.909. The Labute approximate surface area is 108 Å². The van der Waals surface area contributed by atoms with Gasteiger partial charge in [-0.3, -0.25) is 0 Å². The summed E-state index contributed by atoms with van der Waals surface area (Å²) in [6.07, 6.45) is 2.45. The molecule has 2 unspecified atom stereocenters. The molecule has 2 aliphatic heterocycles. The third kappa shape index (κ3) is 3.58. The van der Waals surface area contributed by atoms with Crippen LogP contribution in [0.2, 0.25) is 0 Å². The van der Waals surface area contributed by atoms with E-state index in [4.69, 9.17) is 0 Å². The minimum atomic E-state index is -2.97. The van der Waals surface area contributed by atoms with Crippen LogP contribution >= 0.6 is 0 Å². The fourth-order valence-corrected chi connectivity index (χ4v) is 4.25. The second-order valence-corrected chi connectivity index (χ2v) is 7.48. The predicted molar refractivity (Wildman–Crippen MR) is 69.2 cm³/mol. The van der Waals surface area contributed by atoms with Crippen molar-refractivity contribution in [3.8, 4) is 0 Å². The molecule has 0 aliphatic carbocycles. The van der Waals surface area contributed by atoms with Gasteiger partial charge in [0.2, 0.25) is 0 Å². The minimum absolute atomic E-state index is 0.233. The smallest absolute Gasteiger partial charge is 0.314 e. The number of nitrogens with one attached hydrogen (secondary N) is 3. The second kappa shape index (κ2) is 5.88. The molecule has 2 atom stereocenters. The zero-order chi connectivity index (χ0) is 13.0. The van der Waals surface area contributed by atoms with Gasteiger partial charge in [-0.25, -0.2) is 13.2 Å². The molecule has 2 fully saturated rings. The molecule has 6 nitrogen and oxygen atoms in total. The van der Waals surface area contributed by atoms with E-state index in [1.54, 1.807) is 0 Å². The first-order valence-corrected chi connectivity index (χ1v) is 8.23. The predicted octanol–water partition coefficient (Wildman–Crippen LogP) is -0.528. The van der Waals surface area contributed by atoms with Gasteiger partial charge in [-0.05, 0) is 38.3 Å². The molecule has 2 amide bonds. The Morgan fingerprint density at radius 1 is 1.22 bits per heavy atom. The Hall–Kier alpha value is -0.820. The van der Waals surface area contributed by atoms with E-state index in [9.17, 15) is 13.2 Å². The van der Waals surface area contributed by atoms with Crippen LogP contribution in [0.25, 0.3) is 0 Å². The topological polar surface area (TPSA) is 87.3 Å². The van der Waals surface area contributed by atoms with Gasteiger partial charge in [0.25, 0.3) is 0 Å². The molecule has 0 aromatic heterocycles. The van der Waals surface area contributed by atoms with E-state index in [-0.39, 0.29) is 18.3 Å². The monoisotopic (exact) mass is 275 g/mol. The summed E-state index contributed by atoms with van der Waals surface area (Å²) in [7, 11) is -2.97. The van der Waals surface area contributed by atoms with Crippen molar-refractivity contribution in [3.63, 3.8) is 0 Å². The number of hydrogen-bond donors (Lipinski definition) is 3. The molecule has 0 aromatic carbocycles. The maximum absolute atomic E-state index is 11.6. The van der Waals surface area contributed by atoms with Crippen molar-refractivity contribution in [1.82, 2.24) is 16.0 Å². The Morgan fingerprint density at radius 2 is 2.00 bits per heavy atom. The molecule has 18 heavy (non-hydrogen) atoms. The molecular weight excluding hydrogens is 254 g/mol. The lowest BCUT2D eigenvalue weighted by atomic mass is 10.1. The summed E-state index contributed by atoms with van der Waals surface area (Å²) in [5.41, 5.74) is 0. The van der Waals surface area contributed by atoms with Crippen molar-refractivity contribution in [3.05, 3.63) is 0 Å². The highest BCUT2D eigenvalue weighted by Crippen LogP contribution is 2.18. The van der Waals surface area contributed by atoms with Crippen molar-refractivity contribution in [2.75, 3.05) is 31.9 Å². The van der Waals surface area contributed by atoms with Crippen LogP contribution in [0.1, 0.15) is 19.3 Å². The fourth-order valence-electron chi connectivity index (χ4n) is 2.48. The largest absolute Gasteiger partial charge is 0.338 e. The molecule has 7 heteroatoms. The quantitative estimate of drug-likeness (QED) is 0.644. The van der Waals surface area contributed by atoms with Crippen molar-refractivity contribution >= 4 is 15.9 Å². The van der Waals surface area contributed by atoms with Crippen LogP contribution < -0.4 is 16.0 Å². The van der Waals surface area contributed by atoms with E-state index in [1.807, 2.05) is 0 Å². The molecule has 104 valence electrons. The highest BCUT2D eigenvalue weighted by Gasteiger charge is 2.31. The molecule has 0 aromatic rings. The van der Waals surface area contributed by atoms with Gasteiger partial charge < -0.3 is 16.0 Å². The van der Waals surface area contributed by atoms with Crippen LogP contribution in [0.5, 0.6) is 0 Å². The van der Waals surface area contributed by atoms with E-state index < -0.39 is 15.1 Å². The first-order valence-electron chi connectivity index (χ1n) is 6.52. The van der Waals surface area contributed by atoms with Crippen molar-refractivity contribution in [2.24, 2.45) is 5.92 Å². The van der Waals surface area contributed by atoms with Gasteiger partial charge in [-0.2, -0.15) is 0 Å². The SMILES string of the molecule is O=C(NCC1CCNC1)NCC1CCCS1(=O)=O. The number of amides is 2. The van der Waals surface area contributed by atoms with E-state index >= 15 is 0 Å². The molecule has 0 bridgehead atoms. The van der Waals surface area contributed by atoms with Crippen LogP contribution in [0.3, 0.4) is 0 Å². The van der Waals surface area contributed by atoms with Crippen molar-refractivity contribution in [1.29, 1.82) is 0 Å². The molecule has 0 spiro atoms. The third-order valence-electron chi connectivity index (χ3n) is 3.67. The molecular formula is C11H21N3O3S. The molecule has 0 radical (unpaired) electrons. The highest BCUT2D eigenvalue weighted by molar-refractivity contribution is 7.92. The first-order chi connectivity index (χ1) is 8.58. The molecule has 2 aliphatic rings. The van der Waals surface area contributed by atoms with Gasteiger partial charge in [0.1, 0.15) is 0 Å². The van der Waals surface area contributed by atoms with Gasteiger partial charge in [-0.1, -0.05) is 0 Å². The summed E-state index contributed by atoms with van der Waals surface area (Å²) in [5, 5.41) is 8.29. The number of rotatable bonds is 4. The van der Waals surface area contributed by atoms with E-state index in [0.717, 1.165) is 19.5 Å². The van der Waals surface area contributed by atoms with Gasteiger partial charge in [0, 0.05) is 13.1 Å². The second-order valence-electron chi connectivity index (χ2n) is 5.08. The van der Waals surface area contributed by atoms with Crippen molar-refractivity contribution < 1.29 is 13.2 Å². The standard InChI is InChI=1S/C11H21N3O3S/c15-11(13-7-9-3-4-12-6-9)14-8-10-2-1-5-18(10,16)17/h9-10,12H,1-8H2,(H2,13,14,15). The number of sulfone groups is 1. The average Bonchev–Trinajstić information content (AvgIpc) is 2.93. The third-order valence-corrected chi connectivity index (χ3v) is 5.94. The van der Waals surface area contributed by atoms with Gasteiger partial charge >= 0.3 is 6.03 Å². The summed E-state index contributed by atoms with van der Waals surface area (Å²) < 4.78 is 23.1. The Bertz CT molecular complexity index is 390. The summed E-state index contributed by atoms with van der Waals surface area (Å²) >= 11 is 0. The van der Waals surface area contributed by atoms with Crippen LogP contribution in [0, 0.1) is 5.92 Å². The van der Waals surface area contributed by atoms with Gasteiger partial charge in [-0.15, -0.1) is 0 Å². The van der Waals surface area contributed by atoms with Crippen LogP contribution in [0.4, 0.5) is 4.79 Å². The lowest BCUT2D eigenvalue weighted by molar-refractivity contribution is 0.239. The van der Waals surface area contributed by atoms with E-state index in [2.05, 4.69) is 16.0 Å².